The molecule has 32 N–H and O–H groups in total. The van der Waals surface area contributed by atoms with Gasteiger partial charge in [-0.15, -0.1) is 0 Å². The molecule has 7 atom stereocenters. The Balaban J connectivity index is -0.000000108. The van der Waals surface area contributed by atoms with Crippen molar-refractivity contribution in [2.75, 3.05) is 24.6 Å². The maximum absolute atomic E-state index is 10.4. The van der Waals surface area contributed by atoms with Gasteiger partial charge in [-0.3, -0.25) is 57.5 Å². The molecule has 35 heteroatoms. The number of amides is 2. The Hall–Kier alpha value is -6.80. The summed E-state index contributed by atoms with van der Waals surface area (Å²) in [4.78, 5) is 118. The molecule has 0 saturated carbocycles. The van der Waals surface area contributed by atoms with Crippen LogP contribution < -0.4 is 63.1 Å². The fourth-order valence-corrected chi connectivity index (χ4v) is 2.72. The molecule has 72 heavy (non-hydrogen) atoms. The highest BCUT2D eigenvalue weighted by Gasteiger charge is 2.16. The van der Waals surface area contributed by atoms with Crippen LogP contribution in [0.5, 0.6) is 0 Å². The minimum absolute atomic E-state index is 0.0208. The second-order valence-corrected chi connectivity index (χ2v) is 14.0. The monoisotopic (exact) mass is 1090 g/mol. The first-order valence-corrected chi connectivity index (χ1v) is 20.8. The van der Waals surface area contributed by atoms with E-state index < -0.39 is 114 Å². The van der Waals surface area contributed by atoms with Gasteiger partial charge in [0.05, 0.1) is 25.9 Å². The molecule has 2 amide bonds. The maximum atomic E-state index is 10.4. The van der Waals surface area contributed by atoms with Crippen molar-refractivity contribution in [3.05, 3.63) is 35.9 Å². The first-order chi connectivity index (χ1) is 32.8. The lowest BCUT2D eigenvalue weighted by molar-refractivity contribution is -0.141. The smallest absolute Gasteiger partial charge is 0.321 e. The minimum atomic E-state index is -1.21. The van der Waals surface area contributed by atoms with Crippen LogP contribution >= 0.6 is 25.3 Å². The standard InChI is InChI=1S/C9H11NO2.C5H9NO4.C5H11NO2.2C4H8N2O3.2C3H7NO2S.2C2H5NO2/c10-8(9(11)12)6-7-4-2-1-3-5-7;6-3(5(9)10)1-2-4(7)8;1-3(2)4(6)5(7)8;2*5-2(4(8)9)1-3(6)7;2*4-2(1-7)3(5)6;2*3-1-2(4)5/h1-5,8H,6,10H2,(H,11,12);3H,1-2,6H2,(H,7,8)(H,9,10);3-4H,6H2,1-2H3,(H,7,8);2*2H,1,5H2,(H2,6,7)(H,8,9);2*2,7H,1,4H2,(H,5,6);2*1,3H2,(H,4,5). The van der Waals surface area contributed by atoms with E-state index in [2.05, 4.69) is 48.2 Å². The van der Waals surface area contributed by atoms with Crippen molar-refractivity contribution in [2.45, 2.75) is 88.2 Å². The third kappa shape index (κ3) is 72.2. The molecule has 0 fully saturated rings. The average Bonchev–Trinajstić information content (AvgIpc) is 3.28. The largest absolute Gasteiger partial charge is 0.481 e. The molecule has 418 valence electrons. The van der Waals surface area contributed by atoms with Crippen LogP contribution in [0.1, 0.15) is 45.1 Å². The van der Waals surface area contributed by atoms with Crippen molar-refractivity contribution in [1.82, 2.24) is 0 Å². The number of benzene rings is 1. The van der Waals surface area contributed by atoms with Gasteiger partial charge < -0.3 is 114 Å². The number of carbonyl (C=O) groups is 12. The van der Waals surface area contributed by atoms with E-state index in [1.165, 1.54) is 0 Å². The zero-order valence-corrected chi connectivity index (χ0v) is 40.8. The average molecular weight is 1090 g/mol. The van der Waals surface area contributed by atoms with Gasteiger partial charge in [0, 0.05) is 17.9 Å². The Morgan fingerprint density at radius 1 is 0.444 bits per heavy atom. The maximum Gasteiger partial charge on any atom is 0.321 e. The lowest BCUT2D eigenvalue weighted by atomic mass is 10.1. The number of carboxylic acid groups (broad SMARTS) is 10. The molecule has 33 nitrogen and oxygen atoms in total. The summed E-state index contributed by atoms with van der Waals surface area (Å²) < 4.78 is 0. The number of primary amides is 2. The molecule has 0 aliphatic heterocycles. The summed E-state index contributed by atoms with van der Waals surface area (Å²) in [7, 11) is 0. The number of hydrogen-bond acceptors (Lipinski definition) is 23. The topological polar surface area (TPSA) is 693 Å². The van der Waals surface area contributed by atoms with Gasteiger partial charge in [0.15, 0.2) is 0 Å². The Kier molecular flexibility index (Phi) is 59.4. The summed E-state index contributed by atoms with van der Waals surface area (Å²) in [5.41, 5.74) is 54.6. The van der Waals surface area contributed by atoms with Gasteiger partial charge in [0.1, 0.15) is 42.3 Å². The number of nitrogens with two attached hydrogens (primary N) is 11. The fourth-order valence-electron chi connectivity index (χ4n) is 2.41. The second kappa shape index (κ2) is 52.0. The van der Waals surface area contributed by atoms with Crippen molar-refractivity contribution in [1.29, 1.82) is 0 Å². The van der Waals surface area contributed by atoms with Gasteiger partial charge in [0.25, 0.3) is 0 Å². The Morgan fingerprint density at radius 2 is 0.722 bits per heavy atom. The Bertz CT molecular complexity index is 1690. The molecule has 1 aromatic carbocycles. The van der Waals surface area contributed by atoms with E-state index in [-0.39, 0.29) is 56.2 Å². The Labute approximate surface area is 422 Å². The molecule has 7 unspecified atom stereocenters. The molecule has 0 aliphatic carbocycles. The van der Waals surface area contributed by atoms with E-state index >= 15 is 0 Å². The van der Waals surface area contributed by atoms with Crippen LogP contribution in [0.3, 0.4) is 0 Å². The fraction of sp³-hybridized carbons (Fsp3) is 0.514. The zero-order valence-electron chi connectivity index (χ0n) is 39.0. The van der Waals surface area contributed by atoms with Gasteiger partial charge in [-0.25, -0.2) is 0 Å². The summed E-state index contributed by atoms with van der Waals surface area (Å²) in [6.07, 6.45) is -0.459. The van der Waals surface area contributed by atoms with Crippen LogP contribution in [0.4, 0.5) is 0 Å². The number of aliphatic carboxylic acids is 10. The lowest BCUT2D eigenvalue weighted by Crippen LogP contribution is -2.34. The number of rotatable bonds is 21. The van der Waals surface area contributed by atoms with Crippen molar-refractivity contribution in [3.8, 4) is 0 Å². The molecule has 0 heterocycles. The normalized spacial score (nSPS) is 12.1. The molecule has 0 aromatic heterocycles. The lowest BCUT2D eigenvalue weighted by Gasteiger charge is -2.07. The summed E-state index contributed by atoms with van der Waals surface area (Å²) in [6, 6.07) is 2.81. The quantitative estimate of drug-likeness (QED) is 0.0509. The molecule has 0 bridgehead atoms. The Morgan fingerprint density at radius 3 is 0.861 bits per heavy atom. The number of thiol groups is 2. The molecule has 0 aliphatic rings. The second-order valence-electron chi connectivity index (χ2n) is 13.3. The molecule has 0 radical (unpaired) electrons. The van der Waals surface area contributed by atoms with E-state index in [1.807, 2.05) is 30.3 Å². The van der Waals surface area contributed by atoms with Gasteiger partial charge >= 0.3 is 59.7 Å². The van der Waals surface area contributed by atoms with E-state index in [0.29, 0.717) is 6.42 Å². The highest BCUT2D eigenvalue weighted by Crippen LogP contribution is 2.01. The SMILES string of the molecule is CC(C)C(N)C(=O)O.NC(=O)CC(N)C(=O)O.NC(=O)CC(N)C(=O)O.NC(CCC(=O)O)C(=O)O.NC(CS)C(=O)O.NC(CS)C(=O)O.NC(Cc1ccccc1)C(=O)O.NCC(=O)O.NCC(=O)O. The number of carboxylic acids is 10. The van der Waals surface area contributed by atoms with Crippen LogP contribution in [-0.2, 0) is 64.0 Å². The van der Waals surface area contributed by atoms with Gasteiger partial charge in [-0.05, 0) is 24.3 Å². The first-order valence-electron chi connectivity index (χ1n) is 19.5. The predicted molar refractivity (Wildman–Crippen MR) is 260 cm³/mol. The highest BCUT2D eigenvalue weighted by atomic mass is 32.1. The van der Waals surface area contributed by atoms with Crippen molar-refractivity contribution < 1.29 is 109 Å². The zero-order chi connectivity index (χ0) is 59.0. The van der Waals surface area contributed by atoms with Crippen LogP contribution in [0.25, 0.3) is 0 Å². The third-order valence-corrected chi connectivity index (χ3v) is 7.25. The number of hydrogen-bond donors (Lipinski definition) is 23. The summed E-state index contributed by atoms with van der Waals surface area (Å²) in [5, 5.41) is 80.4. The summed E-state index contributed by atoms with van der Waals surface area (Å²) >= 11 is 7.30. The van der Waals surface area contributed by atoms with Crippen LogP contribution in [0, 0.1) is 5.92 Å². The van der Waals surface area contributed by atoms with Gasteiger partial charge in [-0.1, -0.05) is 44.2 Å². The predicted octanol–water partition coefficient (Wildman–Crippen LogP) is -6.78. The van der Waals surface area contributed by atoms with E-state index in [0.717, 1.165) is 5.56 Å². The van der Waals surface area contributed by atoms with Crippen LogP contribution in [0.2, 0.25) is 0 Å². The molecular weight excluding hydrogens is 1010 g/mol. The number of carbonyl (C=O) groups excluding carboxylic acids is 2. The molecule has 1 aromatic rings. The molecule has 0 saturated heterocycles. The van der Waals surface area contributed by atoms with E-state index in [9.17, 15) is 57.5 Å². The minimum Gasteiger partial charge on any atom is -0.481 e. The molecular formula is C37H71N11O22S2. The summed E-state index contributed by atoms with van der Waals surface area (Å²) in [6.45, 7) is 3.00. The molecule has 0 spiro atoms. The third-order valence-electron chi connectivity index (χ3n) is 6.46. The van der Waals surface area contributed by atoms with Crippen molar-refractivity contribution in [2.24, 2.45) is 69.0 Å². The van der Waals surface area contributed by atoms with E-state index in [4.69, 9.17) is 91.2 Å². The van der Waals surface area contributed by atoms with Gasteiger partial charge in [0.2, 0.25) is 11.8 Å². The molecule has 1 rings (SSSR count). The first kappa shape index (κ1) is 82.1. The van der Waals surface area contributed by atoms with Crippen LogP contribution in [0.15, 0.2) is 30.3 Å². The summed E-state index contributed by atoms with van der Waals surface area (Å²) in [5.74, 6) is -11.5. The van der Waals surface area contributed by atoms with Crippen LogP contribution in [-0.4, -0.2) is 189 Å². The van der Waals surface area contributed by atoms with E-state index in [1.54, 1.807) is 13.8 Å². The highest BCUT2D eigenvalue weighted by molar-refractivity contribution is 7.80. The van der Waals surface area contributed by atoms with Gasteiger partial charge in [-0.2, -0.15) is 25.3 Å². The van der Waals surface area contributed by atoms with Crippen molar-refractivity contribution >= 4 is 96.8 Å². The van der Waals surface area contributed by atoms with Crippen molar-refractivity contribution in [3.63, 3.8) is 0 Å².